The highest BCUT2D eigenvalue weighted by Crippen LogP contribution is 2.28. The molecule has 0 radical (unpaired) electrons. The lowest BCUT2D eigenvalue weighted by atomic mass is 10.1. The Bertz CT molecular complexity index is 1040. The summed E-state index contributed by atoms with van der Waals surface area (Å²) in [4.78, 5) is 27.9. The maximum atomic E-state index is 12.5. The van der Waals surface area contributed by atoms with Crippen LogP contribution >= 0.6 is 11.3 Å². The monoisotopic (exact) mass is 400 g/mol. The molecule has 1 unspecified atom stereocenters. The Morgan fingerprint density at radius 2 is 2.25 bits per heavy atom. The van der Waals surface area contributed by atoms with Crippen LogP contribution < -0.4 is 5.32 Å². The molecular weight excluding hydrogens is 380 g/mol. The van der Waals surface area contributed by atoms with Crippen LogP contribution in [0.15, 0.2) is 24.4 Å². The van der Waals surface area contributed by atoms with Crippen molar-refractivity contribution in [2.45, 2.75) is 38.8 Å². The van der Waals surface area contributed by atoms with Gasteiger partial charge in [-0.1, -0.05) is 23.5 Å². The molecule has 0 bridgehead atoms. The Labute approximate surface area is 165 Å². The standard InChI is InChI=1S/C19H20N4O4S/c1-11-17(18(25)26)28-19(21-11)22-15(24)9-12-5-4-6-14-13(12)10-20-23(14)16-7-2-3-8-27-16/h4-6,10,16H,2-3,7-9H2,1H3,(H,25,26)(H,21,22,24). The average Bonchev–Trinajstić information content (AvgIpc) is 3.26. The molecule has 3 heterocycles. The van der Waals surface area contributed by atoms with Crippen LogP contribution in [-0.4, -0.2) is 38.4 Å². The summed E-state index contributed by atoms with van der Waals surface area (Å²) in [7, 11) is 0. The second kappa shape index (κ2) is 7.69. The maximum absolute atomic E-state index is 12.5. The van der Waals surface area contributed by atoms with E-state index in [4.69, 9.17) is 9.84 Å². The number of anilines is 1. The Hall–Kier alpha value is -2.78. The predicted octanol–water partition coefficient (Wildman–Crippen LogP) is 3.38. The number of nitrogens with one attached hydrogen (secondary N) is 1. The fraction of sp³-hybridized carbons (Fsp3) is 0.368. The number of aryl methyl sites for hydroxylation is 1. The summed E-state index contributed by atoms with van der Waals surface area (Å²) in [5.74, 6) is -1.29. The number of hydrogen-bond acceptors (Lipinski definition) is 6. The lowest BCUT2D eigenvalue weighted by molar-refractivity contribution is -0.115. The van der Waals surface area contributed by atoms with Gasteiger partial charge in [0.25, 0.3) is 0 Å². The highest BCUT2D eigenvalue weighted by Gasteiger charge is 2.20. The van der Waals surface area contributed by atoms with Gasteiger partial charge in [0.2, 0.25) is 5.91 Å². The molecule has 9 heteroatoms. The van der Waals surface area contributed by atoms with Crippen LogP contribution in [0.2, 0.25) is 0 Å². The van der Waals surface area contributed by atoms with Crippen molar-refractivity contribution in [3.63, 3.8) is 0 Å². The van der Waals surface area contributed by atoms with E-state index in [-0.39, 0.29) is 23.4 Å². The number of ether oxygens (including phenoxy) is 1. The molecule has 3 aromatic rings. The van der Waals surface area contributed by atoms with Gasteiger partial charge in [0, 0.05) is 12.0 Å². The smallest absolute Gasteiger partial charge is 0.347 e. The molecule has 1 amide bonds. The van der Waals surface area contributed by atoms with Gasteiger partial charge >= 0.3 is 5.97 Å². The third kappa shape index (κ3) is 3.63. The molecule has 1 aliphatic rings. The number of benzene rings is 1. The molecule has 1 aliphatic heterocycles. The molecule has 8 nitrogen and oxygen atoms in total. The molecular formula is C19H20N4O4S. The normalized spacial score (nSPS) is 17.0. The van der Waals surface area contributed by atoms with Crippen molar-refractivity contribution in [2.75, 3.05) is 11.9 Å². The number of carboxylic acids is 1. The fourth-order valence-electron chi connectivity index (χ4n) is 3.42. The quantitative estimate of drug-likeness (QED) is 0.680. The van der Waals surface area contributed by atoms with Crippen LogP contribution in [0.3, 0.4) is 0 Å². The molecule has 2 N–H and O–H groups in total. The molecule has 0 saturated carbocycles. The first-order valence-electron chi connectivity index (χ1n) is 9.10. The number of carbonyl (C=O) groups is 2. The Morgan fingerprint density at radius 1 is 1.39 bits per heavy atom. The van der Waals surface area contributed by atoms with E-state index < -0.39 is 5.97 Å². The van der Waals surface area contributed by atoms with E-state index in [1.807, 2.05) is 22.9 Å². The second-order valence-corrected chi connectivity index (χ2v) is 7.72. The third-order valence-electron chi connectivity index (χ3n) is 4.75. The number of carboxylic acid groups (broad SMARTS) is 1. The minimum Gasteiger partial charge on any atom is -0.477 e. The van der Waals surface area contributed by atoms with Gasteiger partial charge in [-0.15, -0.1) is 0 Å². The van der Waals surface area contributed by atoms with Crippen molar-refractivity contribution in [3.05, 3.63) is 40.5 Å². The molecule has 28 heavy (non-hydrogen) atoms. The number of rotatable bonds is 5. The molecule has 1 atom stereocenters. The lowest BCUT2D eigenvalue weighted by Gasteiger charge is -2.23. The molecule has 1 aromatic carbocycles. The summed E-state index contributed by atoms with van der Waals surface area (Å²) >= 11 is 0.957. The third-order valence-corrected chi connectivity index (χ3v) is 5.81. The average molecular weight is 400 g/mol. The van der Waals surface area contributed by atoms with Gasteiger partial charge in [-0.3, -0.25) is 4.79 Å². The molecule has 0 spiro atoms. The first-order valence-corrected chi connectivity index (χ1v) is 9.92. The van der Waals surface area contributed by atoms with Gasteiger partial charge in [0.15, 0.2) is 11.4 Å². The van der Waals surface area contributed by atoms with Crippen LogP contribution in [-0.2, 0) is 16.0 Å². The number of nitrogens with zero attached hydrogens (tertiary/aromatic N) is 3. The van der Waals surface area contributed by atoms with Crippen LogP contribution in [0.4, 0.5) is 5.13 Å². The van der Waals surface area contributed by atoms with Gasteiger partial charge in [0.1, 0.15) is 4.88 Å². The second-order valence-electron chi connectivity index (χ2n) is 6.72. The summed E-state index contributed by atoms with van der Waals surface area (Å²) in [5, 5.41) is 17.5. The fourth-order valence-corrected chi connectivity index (χ4v) is 4.24. The molecule has 4 rings (SSSR count). The first-order chi connectivity index (χ1) is 13.5. The van der Waals surface area contributed by atoms with Gasteiger partial charge < -0.3 is 15.2 Å². The summed E-state index contributed by atoms with van der Waals surface area (Å²) in [6, 6.07) is 5.78. The van der Waals surface area contributed by atoms with Crippen LogP contribution in [0.25, 0.3) is 10.9 Å². The Kier molecular flexibility index (Phi) is 5.10. The SMILES string of the molecule is Cc1nc(NC(=O)Cc2cccc3c2cnn3C2CCCCO2)sc1C(=O)O. The van der Waals surface area contributed by atoms with Crippen molar-refractivity contribution < 1.29 is 19.4 Å². The maximum Gasteiger partial charge on any atom is 0.347 e. The topological polar surface area (TPSA) is 106 Å². The van der Waals surface area contributed by atoms with E-state index >= 15 is 0 Å². The zero-order valence-electron chi connectivity index (χ0n) is 15.3. The highest BCUT2D eigenvalue weighted by molar-refractivity contribution is 7.17. The van der Waals surface area contributed by atoms with Gasteiger partial charge in [-0.05, 0) is 37.8 Å². The Morgan fingerprint density at radius 3 is 2.96 bits per heavy atom. The minimum absolute atomic E-state index is 0.0666. The Balaban J connectivity index is 1.53. The number of hydrogen-bond donors (Lipinski definition) is 2. The van der Waals surface area contributed by atoms with E-state index in [1.165, 1.54) is 0 Å². The molecule has 0 aliphatic carbocycles. The molecule has 1 fully saturated rings. The summed E-state index contributed by atoms with van der Waals surface area (Å²) < 4.78 is 7.72. The first kappa shape index (κ1) is 18.6. The number of aromatic nitrogens is 3. The van der Waals surface area contributed by atoms with Crippen LogP contribution in [0, 0.1) is 6.92 Å². The zero-order valence-corrected chi connectivity index (χ0v) is 16.2. The van der Waals surface area contributed by atoms with Crippen LogP contribution in [0.1, 0.15) is 46.4 Å². The predicted molar refractivity (Wildman–Crippen MR) is 105 cm³/mol. The number of aromatic carboxylic acids is 1. The number of carbonyl (C=O) groups excluding carboxylic acids is 1. The summed E-state index contributed by atoms with van der Waals surface area (Å²) in [6.07, 6.45) is 4.96. The van der Waals surface area contributed by atoms with Crippen molar-refractivity contribution in [1.29, 1.82) is 0 Å². The van der Waals surface area contributed by atoms with E-state index in [9.17, 15) is 9.59 Å². The number of fused-ring (bicyclic) bond motifs is 1. The minimum atomic E-state index is -1.04. The van der Waals surface area contributed by atoms with Crippen molar-refractivity contribution in [1.82, 2.24) is 14.8 Å². The van der Waals surface area contributed by atoms with Crippen molar-refractivity contribution in [3.8, 4) is 0 Å². The summed E-state index contributed by atoms with van der Waals surface area (Å²) in [5.41, 5.74) is 2.18. The number of amides is 1. The summed E-state index contributed by atoms with van der Waals surface area (Å²) in [6.45, 7) is 2.34. The van der Waals surface area contributed by atoms with Crippen molar-refractivity contribution >= 4 is 39.2 Å². The molecule has 146 valence electrons. The lowest BCUT2D eigenvalue weighted by Crippen LogP contribution is -2.19. The molecule has 2 aromatic heterocycles. The van der Waals surface area contributed by atoms with Crippen molar-refractivity contribution in [2.24, 2.45) is 0 Å². The van der Waals surface area contributed by atoms with E-state index in [2.05, 4.69) is 15.4 Å². The number of thiazole rings is 1. The van der Waals surface area contributed by atoms with Crippen LogP contribution in [0.5, 0.6) is 0 Å². The van der Waals surface area contributed by atoms with Gasteiger partial charge in [-0.25, -0.2) is 14.5 Å². The zero-order chi connectivity index (χ0) is 19.7. The van der Waals surface area contributed by atoms with Gasteiger partial charge in [-0.2, -0.15) is 5.10 Å². The van der Waals surface area contributed by atoms with E-state index in [0.717, 1.165) is 53.7 Å². The highest BCUT2D eigenvalue weighted by atomic mass is 32.1. The van der Waals surface area contributed by atoms with Gasteiger partial charge in [0.05, 0.1) is 23.8 Å². The largest absolute Gasteiger partial charge is 0.477 e. The van der Waals surface area contributed by atoms with E-state index in [1.54, 1.807) is 13.1 Å². The molecule has 1 saturated heterocycles. The van der Waals surface area contributed by atoms with E-state index in [0.29, 0.717) is 10.8 Å².